The summed E-state index contributed by atoms with van der Waals surface area (Å²) in [5.41, 5.74) is 0. The standard InChI is InChI=1S/C7H15NO3S/c1-4-8(5-2)7(9)6-12(3,10)11/h4-6H2,1-3H3. The number of carbonyl (C=O) groups is 1. The molecule has 0 N–H and O–H groups in total. The Bertz CT molecular complexity index is 241. The van der Waals surface area contributed by atoms with Gasteiger partial charge in [-0.25, -0.2) is 8.42 Å². The number of nitrogens with zero attached hydrogens (tertiary/aromatic N) is 1. The summed E-state index contributed by atoms with van der Waals surface area (Å²) < 4.78 is 21.5. The van der Waals surface area contributed by atoms with Gasteiger partial charge in [0.25, 0.3) is 0 Å². The highest BCUT2D eigenvalue weighted by molar-refractivity contribution is 7.91. The van der Waals surface area contributed by atoms with Crippen molar-refractivity contribution in [2.75, 3.05) is 25.1 Å². The third kappa shape index (κ3) is 4.33. The van der Waals surface area contributed by atoms with E-state index < -0.39 is 9.84 Å². The van der Waals surface area contributed by atoms with E-state index in [0.29, 0.717) is 13.1 Å². The molecule has 0 heterocycles. The maximum atomic E-state index is 11.2. The minimum Gasteiger partial charge on any atom is -0.342 e. The van der Waals surface area contributed by atoms with Crippen LogP contribution in [-0.4, -0.2) is 44.3 Å². The van der Waals surface area contributed by atoms with Gasteiger partial charge in [-0.3, -0.25) is 4.79 Å². The molecule has 0 atom stereocenters. The van der Waals surface area contributed by atoms with Crippen molar-refractivity contribution < 1.29 is 13.2 Å². The van der Waals surface area contributed by atoms with Crippen LogP contribution < -0.4 is 0 Å². The maximum absolute atomic E-state index is 11.2. The molecule has 72 valence electrons. The maximum Gasteiger partial charge on any atom is 0.237 e. The lowest BCUT2D eigenvalue weighted by Crippen LogP contribution is -2.35. The van der Waals surface area contributed by atoms with Crippen LogP contribution in [0.3, 0.4) is 0 Å². The summed E-state index contributed by atoms with van der Waals surface area (Å²) in [5.74, 6) is -0.697. The predicted molar refractivity (Wildman–Crippen MR) is 47.6 cm³/mol. The first-order valence-electron chi connectivity index (χ1n) is 3.86. The van der Waals surface area contributed by atoms with E-state index in [1.54, 1.807) is 0 Å². The van der Waals surface area contributed by atoms with Crippen LogP contribution in [0.15, 0.2) is 0 Å². The molecule has 0 bridgehead atoms. The molecule has 0 unspecified atom stereocenters. The summed E-state index contributed by atoms with van der Waals surface area (Å²) in [6, 6.07) is 0. The van der Waals surface area contributed by atoms with Gasteiger partial charge in [-0.1, -0.05) is 0 Å². The molecule has 0 saturated heterocycles. The second-order valence-electron chi connectivity index (χ2n) is 2.64. The molecular formula is C7H15NO3S. The van der Waals surface area contributed by atoms with Gasteiger partial charge in [-0.15, -0.1) is 0 Å². The Morgan fingerprint density at radius 1 is 1.25 bits per heavy atom. The second-order valence-corrected chi connectivity index (χ2v) is 4.78. The van der Waals surface area contributed by atoms with Gasteiger partial charge < -0.3 is 4.90 Å². The van der Waals surface area contributed by atoms with E-state index in [0.717, 1.165) is 6.26 Å². The van der Waals surface area contributed by atoms with Gasteiger partial charge >= 0.3 is 0 Å². The molecule has 12 heavy (non-hydrogen) atoms. The molecule has 0 aromatic rings. The first kappa shape index (κ1) is 11.4. The highest BCUT2D eigenvalue weighted by Gasteiger charge is 2.15. The van der Waals surface area contributed by atoms with E-state index >= 15 is 0 Å². The zero-order valence-corrected chi connectivity index (χ0v) is 8.52. The Hall–Kier alpha value is -0.580. The van der Waals surface area contributed by atoms with Gasteiger partial charge in [0.15, 0.2) is 9.84 Å². The molecule has 0 fully saturated rings. The monoisotopic (exact) mass is 193 g/mol. The fourth-order valence-corrected chi connectivity index (χ4v) is 1.52. The number of sulfone groups is 1. The van der Waals surface area contributed by atoms with Crippen molar-refractivity contribution in [1.29, 1.82) is 0 Å². The quantitative estimate of drug-likeness (QED) is 0.626. The highest BCUT2D eigenvalue weighted by atomic mass is 32.2. The first-order chi connectivity index (χ1) is 5.40. The number of hydrogen-bond donors (Lipinski definition) is 0. The molecule has 0 rings (SSSR count). The van der Waals surface area contributed by atoms with Crippen LogP contribution in [0.5, 0.6) is 0 Å². The van der Waals surface area contributed by atoms with E-state index in [2.05, 4.69) is 0 Å². The number of rotatable bonds is 4. The second kappa shape index (κ2) is 4.45. The van der Waals surface area contributed by atoms with Crippen molar-refractivity contribution in [3.63, 3.8) is 0 Å². The van der Waals surface area contributed by atoms with Crippen molar-refractivity contribution in [2.45, 2.75) is 13.8 Å². The Morgan fingerprint density at radius 3 is 1.92 bits per heavy atom. The van der Waals surface area contributed by atoms with Crippen LogP contribution in [0.4, 0.5) is 0 Å². The molecule has 0 aliphatic heterocycles. The summed E-state index contributed by atoms with van der Waals surface area (Å²) in [6.45, 7) is 4.77. The van der Waals surface area contributed by atoms with Crippen molar-refractivity contribution >= 4 is 15.7 Å². The molecule has 0 aliphatic rings. The first-order valence-corrected chi connectivity index (χ1v) is 5.92. The molecule has 0 aromatic heterocycles. The number of hydrogen-bond acceptors (Lipinski definition) is 3. The summed E-state index contributed by atoms with van der Waals surface area (Å²) in [5, 5.41) is 0. The Morgan fingerprint density at radius 2 is 1.67 bits per heavy atom. The van der Waals surface area contributed by atoms with E-state index in [1.807, 2.05) is 13.8 Å². The van der Waals surface area contributed by atoms with E-state index in [-0.39, 0.29) is 11.7 Å². The molecule has 0 saturated carbocycles. The van der Waals surface area contributed by atoms with E-state index in [9.17, 15) is 13.2 Å². The number of carbonyl (C=O) groups excluding carboxylic acids is 1. The topological polar surface area (TPSA) is 54.5 Å². The number of amides is 1. The van der Waals surface area contributed by atoms with Crippen LogP contribution in [0, 0.1) is 0 Å². The normalized spacial score (nSPS) is 11.2. The molecule has 0 spiro atoms. The van der Waals surface area contributed by atoms with Gasteiger partial charge in [0.2, 0.25) is 5.91 Å². The molecular weight excluding hydrogens is 178 g/mol. The van der Waals surface area contributed by atoms with E-state index in [4.69, 9.17) is 0 Å². The highest BCUT2D eigenvalue weighted by Crippen LogP contribution is 1.92. The predicted octanol–water partition coefficient (Wildman–Crippen LogP) is -0.101. The fourth-order valence-electron chi connectivity index (χ4n) is 0.892. The molecule has 0 aliphatic carbocycles. The summed E-state index contributed by atoms with van der Waals surface area (Å²) in [7, 11) is -3.18. The van der Waals surface area contributed by atoms with Crippen LogP contribution in [0.2, 0.25) is 0 Å². The average molecular weight is 193 g/mol. The zero-order valence-electron chi connectivity index (χ0n) is 7.70. The lowest BCUT2D eigenvalue weighted by atomic mass is 10.5. The van der Waals surface area contributed by atoms with Gasteiger partial charge in [-0.2, -0.15) is 0 Å². The Kier molecular flexibility index (Phi) is 4.23. The van der Waals surface area contributed by atoms with Crippen LogP contribution in [-0.2, 0) is 14.6 Å². The Balaban J connectivity index is 4.21. The molecule has 0 radical (unpaired) electrons. The van der Waals surface area contributed by atoms with Crippen molar-refractivity contribution in [1.82, 2.24) is 4.90 Å². The van der Waals surface area contributed by atoms with Gasteiger partial charge in [0, 0.05) is 19.3 Å². The molecule has 0 aromatic carbocycles. The minimum atomic E-state index is -3.18. The molecule has 1 amide bonds. The van der Waals surface area contributed by atoms with Crippen LogP contribution in [0.1, 0.15) is 13.8 Å². The zero-order chi connectivity index (χ0) is 9.78. The van der Waals surface area contributed by atoms with Crippen molar-refractivity contribution in [2.24, 2.45) is 0 Å². The molecule has 5 heteroatoms. The minimum absolute atomic E-state index is 0.317. The summed E-state index contributed by atoms with van der Waals surface area (Å²) in [6.07, 6.45) is 1.06. The third-order valence-electron chi connectivity index (χ3n) is 1.50. The third-order valence-corrected chi connectivity index (χ3v) is 2.27. The van der Waals surface area contributed by atoms with Gasteiger partial charge in [0.1, 0.15) is 5.75 Å². The van der Waals surface area contributed by atoms with Crippen LogP contribution >= 0.6 is 0 Å². The molecule has 4 nitrogen and oxygen atoms in total. The van der Waals surface area contributed by atoms with Crippen LogP contribution in [0.25, 0.3) is 0 Å². The summed E-state index contributed by atoms with van der Waals surface area (Å²) >= 11 is 0. The average Bonchev–Trinajstić information content (AvgIpc) is 1.85. The SMILES string of the molecule is CCN(CC)C(=O)CS(C)(=O)=O. The van der Waals surface area contributed by atoms with Gasteiger partial charge in [0.05, 0.1) is 0 Å². The lowest BCUT2D eigenvalue weighted by molar-refractivity contribution is -0.128. The summed E-state index contributed by atoms with van der Waals surface area (Å²) in [4.78, 5) is 12.7. The Labute approximate surface area is 73.5 Å². The smallest absolute Gasteiger partial charge is 0.237 e. The van der Waals surface area contributed by atoms with Crippen molar-refractivity contribution in [3.05, 3.63) is 0 Å². The van der Waals surface area contributed by atoms with Crippen molar-refractivity contribution in [3.8, 4) is 0 Å². The lowest BCUT2D eigenvalue weighted by Gasteiger charge is -2.17. The fraction of sp³-hybridized carbons (Fsp3) is 0.857. The van der Waals surface area contributed by atoms with Gasteiger partial charge in [-0.05, 0) is 13.8 Å². The largest absolute Gasteiger partial charge is 0.342 e. The van der Waals surface area contributed by atoms with E-state index in [1.165, 1.54) is 4.90 Å².